The Hall–Kier alpha value is -1.53. The smallest absolute Gasteiger partial charge is 0.362 e. The molecule has 3 heteroatoms. The largest absolute Gasteiger partial charge is 0.448 e. The summed E-state index contributed by atoms with van der Waals surface area (Å²) in [5.41, 5.74) is 0. The van der Waals surface area contributed by atoms with E-state index in [-0.39, 0.29) is 25.2 Å². The maximum absolute atomic E-state index is 11.4. The molecule has 0 aromatic heterocycles. The van der Waals surface area contributed by atoms with Crippen LogP contribution in [0.2, 0.25) is 0 Å². The number of nitrogens with zero attached hydrogens (tertiary/aromatic N) is 1. The summed E-state index contributed by atoms with van der Waals surface area (Å²) in [4.78, 5) is 11.4. The fraction of sp³-hybridized carbons (Fsp3) is 0.462. The molecule has 0 unspecified atom stereocenters. The number of likely N-dealkylation sites (N-methyl/N-ethyl adjacent to an activating group) is 1. The summed E-state index contributed by atoms with van der Waals surface area (Å²) in [5.74, 6) is 1.97. The Bertz CT molecular complexity index is 300. The highest BCUT2D eigenvalue weighted by atomic mass is 16.5. The fourth-order valence-electron chi connectivity index (χ4n) is 1.46. The second-order valence-corrected chi connectivity index (χ2v) is 4.13. The van der Waals surface area contributed by atoms with Gasteiger partial charge in [-0.25, -0.2) is 4.79 Å². The number of quaternary nitrogens is 1. The summed E-state index contributed by atoms with van der Waals surface area (Å²) in [6.07, 6.45) is 9.44. The number of hydrogen-bond donors (Lipinski definition) is 0. The maximum Gasteiger partial charge on any atom is 0.362 e. The van der Waals surface area contributed by atoms with Gasteiger partial charge in [-0.15, -0.1) is 13.0 Å². The average Bonchev–Trinajstić information content (AvgIpc) is 2.22. The van der Waals surface area contributed by atoms with Gasteiger partial charge in [-0.05, 0) is 6.08 Å². The normalized spacial score (nSPS) is 12.3. The SMILES string of the molecule is C#CCOC(=O)C[N+](C)(C)[C@@H](C=C)CC=C. The lowest BCUT2D eigenvalue weighted by atomic mass is 10.1. The van der Waals surface area contributed by atoms with Crippen molar-refractivity contribution < 1.29 is 14.0 Å². The Morgan fingerprint density at radius 3 is 2.62 bits per heavy atom. The maximum atomic E-state index is 11.4. The van der Waals surface area contributed by atoms with Crippen LogP contribution in [0.25, 0.3) is 0 Å². The van der Waals surface area contributed by atoms with Crippen LogP contribution in [0.1, 0.15) is 6.42 Å². The number of ether oxygens (including phenoxy) is 1. The van der Waals surface area contributed by atoms with Crippen LogP contribution in [-0.2, 0) is 9.53 Å². The third-order valence-electron chi connectivity index (χ3n) is 2.43. The van der Waals surface area contributed by atoms with E-state index >= 15 is 0 Å². The Kier molecular flexibility index (Phi) is 6.21. The van der Waals surface area contributed by atoms with Crippen molar-refractivity contribution in [2.45, 2.75) is 12.5 Å². The number of carbonyl (C=O) groups is 1. The number of terminal acetylenes is 1. The van der Waals surface area contributed by atoms with Gasteiger partial charge in [0, 0.05) is 6.42 Å². The fourth-order valence-corrected chi connectivity index (χ4v) is 1.46. The summed E-state index contributed by atoms with van der Waals surface area (Å²) in [7, 11) is 3.90. The third-order valence-corrected chi connectivity index (χ3v) is 2.43. The molecule has 88 valence electrons. The molecule has 0 N–H and O–H groups in total. The first-order valence-electron chi connectivity index (χ1n) is 5.13. The number of carbonyl (C=O) groups excluding carboxylic acids is 1. The molecule has 3 nitrogen and oxygen atoms in total. The molecule has 0 aliphatic heterocycles. The van der Waals surface area contributed by atoms with E-state index < -0.39 is 0 Å². The van der Waals surface area contributed by atoms with Gasteiger partial charge in [-0.1, -0.05) is 18.6 Å². The molecule has 0 radical (unpaired) electrons. The van der Waals surface area contributed by atoms with E-state index in [0.29, 0.717) is 4.48 Å². The Morgan fingerprint density at radius 2 is 2.19 bits per heavy atom. The third kappa shape index (κ3) is 4.81. The topological polar surface area (TPSA) is 26.3 Å². The molecule has 0 fully saturated rings. The van der Waals surface area contributed by atoms with Crippen LogP contribution in [0.5, 0.6) is 0 Å². The van der Waals surface area contributed by atoms with E-state index in [1.165, 1.54) is 0 Å². The zero-order valence-corrected chi connectivity index (χ0v) is 10.1. The minimum Gasteiger partial charge on any atom is -0.448 e. The first-order valence-corrected chi connectivity index (χ1v) is 5.13. The second kappa shape index (κ2) is 6.86. The van der Waals surface area contributed by atoms with E-state index in [2.05, 4.69) is 19.1 Å². The number of esters is 1. The lowest BCUT2D eigenvalue weighted by Gasteiger charge is -2.34. The molecule has 0 aromatic carbocycles. The van der Waals surface area contributed by atoms with Gasteiger partial charge in [0.15, 0.2) is 13.2 Å². The molecule has 0 aromatic rings. The molecule has 0 amide bonds. The predicted octanol–water partition coefficient (Wildman–Crippen LogP) is 1.37. The second-order valence-electron chi connectivity index (χ2n) is 4.13. The molecule has 0 saturated heterocycles. The molecular formula is C13H20NO2+. The van der Waals surface area contributed by atoms with Gasteiger partial charge in [0.25, 0.3) is 0 Å². The van der Waals surface area contributed by atoms with E-state index in [0.717, 1.165) is 6.42 Å². The van der Waals surface area contributed by atoms with Crippen molar-refractivity contribution in [2.24, 2.45) is 0 Å². The van der Waals surface area contributed by atoms with Gasteiger partial charge in [0.05, 0.1) is 14.1 Å². The Labute approximate surface area is 98.0 Å². The van der Waals surface area contributed by atoms with Crippen molar-refractivity contribution in [3.05, 3.63) is 25.3 Å². The molecule has 0 heterocycles. The number of rotatable bonds is 7. The summed E-state index contributed by atoms with van der Waals surface area (Å²) in [6, 6.07) is 0.149. The van der Waals surface area contributed by atoms with E-state index in [4.69, 9.17) is 11.2 Å². The van der Waals surface area contributed by atoms with Crippen LogP contribution in [-0.4, -0.2) is 43.7 Å². The lowest BCUT2D eigenvalue weighted by Crippen LogP contribution is -2.51. The molecular weight excluding hydrogens is 202 g/mol. The Morgan fingerprint density at radius 1 is 1.56 bits per heavy atom. The van der Waals surface area contributed by atoms with Crippen molar-refractivity contribution in [3.63, 3.8) is 0 Å². The first-order chi connectivity index (χ1) is 7.47. The van der Waals surface area contributed by atoms with Gasteiger partial charge < -0.3 is 9.22 Å². The van der Waals surface area contributed by atoms with Crippen molar-refractivity contribution in [1.29, 1.82) is 0 Å². The van der Waals surface area contributed by atoms with Crippen molar-refractivity contribution in [1.82, 2.24) is 0 Å². The van der Waals surface area contributed by atoms with Gasteiger partial charge in [0.2, 0.25) is 0 Å². The lowest BCUT2D eigenvalue weighted by molar-refractivity contribution is -0.901. The van der Waals surface area contributed by atoms with Crippen LogP contribution in [0.3, 0.4) is 0 Å². The minimum absolute atomic E-state index is 0.0268. The van der Waals surface area contributed by atoms with E-state index in [1.807, 2.05) is 26.2 Å². The number of hydrogen-bond acceptors (Lipinski definition) is 2. The highest BCUT2D eigenvalue weighted by Crippen LogP contribution is 2.12. The summed E-state index contributed by atoms with van der Waals surface area (Å²) >= 11 is 0. The quantitative estimate of drug-likeness (QED) is 0.281. The highest BCUT2D eigenvalue weighted by Gasteiger charge is 2.28. The highest BCUT2D eigenvalue weighted by molar-refractivity contribution is 5.70. The van der Waals surface area contributed by atoms with E-state index in [1.54, 1.807) is 0 Å². The minimum atomic E-state index is -0.293. The summed E-state index contributed by atoms with van der Waals surface area (Å²) < 4.78 is 5.33. The van der Waals surface area contributed by atoms with Crippen LogP contribution >= 0.6 is 0 Å². The van der Waals surface area contributed by atoms with Crippen LogP contribution < -0.4 is 0 Å². The molecule has 0 aliphatic carbocycles. The molecule has 0 aliphatic rings. The Balaban J connectivity index is 4.41. The van der Waals surface area contributed by atoms with Crippen molar-refractivity contribution in [2.75, 3.05) is 27.2 Å². The summed E-state index contributed by atoms with van der Waals surface area (Å²) in [6.45, 7) is 7.75. The van der Waals surface area contributed by atoms with Crippen LogP contribution in [0.15, 0.2) is 25.3 Å². The average molecular weight is 222 g/mol. The molecule has 16 heavy (non-hydrogen) atoms. The monoisotopic (exact) mass is 222 g/mol. The molecule has 0 spiro atoms. The summed E-state index contributed by atoms with van der Waals surface area (Å²) in [5, 5.41) is 0. The van der Waals surface area contributed by atoms with Crippen LogP contribution in [0, 0.1) is 12.3 Å². The molecule has 0 rings (SSSR count). The predicted molar refractivity (Wildman–Crippen MR) is 65.6 cm³/mol. The van der Waals surface area contributed by atoms with Gasteiger partial charge in [0.1, 0.15) is 6.04 Å². The van der Waals surface area contributed by atoms with Gasteiger partial charge >= 0.3 is 5.97 Å². The molecule has 0 saturated carbocycles. The zero-order valence-electron chi connectivity index (χ0n) is 10.1. The van der Waals surface area contributed by atoms with Gasteiger partial charge in [-0.3, -0.25) is 0 Å². The van der Waals surface area contributed by atoms with E-state index in [9.17, 15) is 4.79 Å². The molecule has 0 bridgehead atoms. The van der Waals surface area contributed by atoms with Crippen molar-refractivity contribution in [3.8, 4) is 12.3 Å². The first kappa shape index (κ1) is 14.5. The van der Waals surface area contributed by atoms with Crippen molar-refractivity contribution >= 4 is 5.97 Å². The zero-order chi connectivity index (χ0) is 12.6. The van der Waals surface area contributed by atoms with Gasteiger partial charge in [-0.2, -0.15) is 0 Å². The van der Waals surface area contributed by atoms with Crippen LogP contribution in [0.4, 0.5) is 0 Å². The molecule has 1 atom stereocenters. The standard InChI is InChI=1S/C13H20NO2/c1-6-9-12(8-3)14(4,5)11-13(15)16-10-7-2/h2,6,8,12H,1,3,9-11H2,4-5H3/q+1/t12-/m0/s1.